The predicted molar refractivity (Wildman–Crippen MR) is 54.7 cm³/mol. The minimum atomic E-state index is 0.218. The van der Waals surface area contributed by atoms with Crippen LogP contribution in [-0.4, -0.2) is 34.0 Å². The largest absolute Gasteiger partial charge is 0.381 e. The summed E-state index contributed by atoms with van der Waals surface area (Å²) in [5.74, 6) is 6.98. The number of nitrogens with two attached hydrogens (primary N) is 1. The maximum Gasteiger partial charge on any atom is 0.138 e. The molecule has 6 nitrogen and oxygen atoms in total. The summed E-state index contributed by atoms with van der Waals surface area (Å²) in [7, 11) is 1.89. The van der Waals surface area contributed by atoms with Crippen LogP contribution in [0.5, 0.6) is 0 Å². The van der Waals surface area contributed by atoms with E-state index in [2.05, 4.69) is 15.5 Å². The van der Waals surface area contributed by atoms with Crippen molar-refractivity contribution in [2.24, 2.45) is 18.8 Å². The van der Waals surface area contributed by atoms with Gasteiger partial charge in [0.05, 0.1) is 6.61 Å². The van der Waals surface area contributed by atoms with Crippen molar-refractivity contribution < 1.29 is 4.74 Å². The van der Waals surface area contributed by atoms with Crippen LogP contribution in [0.2, 0.25) is 0 Å². The van der Waals surface area contributed by atoms with Crippen molar-refractivity contribution >= 4 is 0 Å². The fourth-order valence-electron chi connectivity index (χ4n) is 1.93. The van der Waals surface area contributed by atoms with Crippen molar-refractivity contribution in [2.45, 2.75) is 18.9 Å². The zero-order chi connectivity index (χ0) is 10.7. The minimum Gasteiger partial charge on any atom is -0.381 e. The fourth-order valence-corrected chi connectivity index (χ4v) is 1.93. The van der Waals surface area contributed by atoms with Gasteiger partial charge < -0.3 is 4.74 Å². The number of hydrazine groups is 1. The highest BCUT2D eigenvalue weighted by molar-refractivity contribution is 4.91. The van der Waals surface area contributed by atoms with Gasteiger partial charge in [0.25, 0.3) is 0 Å². The van der Waals surface area contributed by atoms with Crippen molar-refractivity contribution in [3.8, 4) is 0 Å². The van der Waals surface area contributed by atoms with E-state index in [4.69, 9.17) is 10.6 Å². The molecule has 1 aliphatic heterocycles. The summed E-state index contributed by atoms with van der Waals surface area (Å²) in [5, 5.41) is 4.04. The first-order valence-corrected chi connectivity index (χ1v) is 5.18. The molecular weight excluding hydrogens is 194 g/mol. The first-order chi connectivity index (χ1) is 7.31. The highest BCUT2D eigenvalue weighted by Gasteiger charge is 2.26. The molecule has 1 aliphatic rings. The number of nitrogens with zero attached hydrogens (tertiary/aromatic N) is 3. The molecule has 2 heterocycles. The van der Waals surface area contributed by atoms with E-state index in [1.54, 1.807) is 11.0 Å². The Hall–Kier alpha value is -0.980. The summed E-state index contributed by atoms with van der Waals surface area (Å²) >= 11 is 0. The Kier molecular flexibility index (Phi) is 3.30. The SMILES string of the molecule is Cn1ncnc1CC(NN)C1CCOC1. The highest BCUT2D eigenvalue weighted by atomic mass is 16.5. The van der Waals surface area contributed by atoms with Crippen LogP contribution in [0.1, 0.15) is 12.2 Å². The van der Waals surface area contributed by atoms with Gasteiger partial charge in [-0.2, -0.15) is 5.10 Å². The standard InChI is InChI=1S/C9H17N5O/c1-14-9(11-6-12-14)4-8(13-10)7-2-3-15-5-7/h6-8,13H,2-5,10H2,1H3. The van der Waals surface area contributed by atoms with Gasteiger partial charge >= 0.3 is 0 Å². The van der Waals surface area contributed by atoms with Gasteiger partial charge in [-0.25, -0.2) is 4.98 Å². The van der Waals surface area contributed by atoms with E-state index >= 15 is 0 Å². The summed E-state index contributed by atoms with van der Waals surface area (Å²) in [4.78, 5) is 4.19. The molecule has 0 aromatic carbocycles. The molecule has 0 spiro atoms. The molecular formula is C9H17N5O. The third-order valence-corrected chi connectivity index (χ3v) is 2.96. The molecule has 2 unspecified atom stereocenters. The monoisotopic (exact) mass is 211 g/mol. The van der Waals surface area contributed by atoms with E-state index in [-0.39, 0.29) is 6.04 Å². The first kappa shape index (κ1) is 10.5. The molecule has 6 heteroatoms. The number of aryl methyl sites for hydroxylation is 1. The van der Waals surface area contributed by atoms with E-state index in [0.29, 0.717) is 5.92 Å². The molecule has 1 aromatic heterocycles. The second-order valence-corrected chi connectivity index (χ2v) is 3.90. The Morgan fingerprint density at radius 3 is 3.20 bits per heavy atom. The zero-order valence-electron chi connectivity index (χ0n) is 8.89. The van der Waals surface area contributed by atoms with E-state index < -0.39 is 0 Å². The molecule has 15 heavy (non-hydrogen) atoms. The number of rotatable bonds is 4. The molecule has 2 rings (SSSR count). The Morgan fingerprint density at radius 1 is 1.80 bits per heavy atom. The molecule has 1 fully saturated rings. The number of nitrogens with one attached hydrogen (secondary N) is 1. The van der Waals surface area contributed by atoms with Crippen LogP contribution < -0.4 is 11.3 Å². The average molecular weight is 211 g/mol. The molecule has 0 amide bonds. The number of ether oxygens (including phenoxy) is 1. The normalized spacial score (nSPS) is 23.2. The number of hydrogen-bond acceptors (Lipinski definition) is 5. The van der Waals surface area contributed by atoms with Gasteiger partial charge in [-0.05, 0) is 6.42 Å². The van der Waals surface area contributed by atoms with E-state index in [9.17, 15) is 0 Å². The van der Waals surface area contributed by atoms with Gasteiger partial charge in [0.2, 0.25) is 0 Å². The maximum atomic E-state index is 5.56. The van der Waals surface area contributed by atoms with Crippen LogP contribution in [0.25, 0.3) is 0 Å². The highest BCUT2D eigenvalue weighted by Crippen LogP contribution is 2.18. The number of hydrogen-bond donors (Lipinski definition) is 2. The summed E-state index contributed by atoms with van der Waals surface area (Å²) in [6.07, 6.45) is 3.42. The van der Waals surface area contributed by atoms with E-state index in [1.807, 2.05) is 7.05 Å². The second-order valence-electron chi connectivity index (χ2n) is 3.90. The van der Waals surface area contributed by atoms with Gasteiger partial charge in [0.15, 0.2) is 0 Å². The maximum absolute atomic E-state index is 5.56. The first-order valence-electron chi connectivity index (χ1n) is 5.18. The molecule has 0 radical (unpaired) electrons. The quantitative estimate of drug-likeness (QED) is 0.505. The summed E-state index contributed by atoms with van der Waals surface area (Å²) in [6.45, 7) is 1.62. The zero-order valence-corrected chi connectivity index (χ0v) is 8.89. The molecule has 3 N–H and O–H groups in total. The Balaban J connectivity index is 1.98. The summed E-state index contributed by atoms with van der Waals surface area (Å²) < 4.78 is 7.13. The molecule has 1 saturated heterocycles. The molecule has 0 saturated carbocycles. The van der Waals surface area contributed by atoms with Crippen molar-refractivity contribution in [3.05, 3.63) is 12.2 Å². The summed E-state index contributed by atoms with van der Waals surface area (Å²) in [5.41, 5.74) is 2.85. The summed E-state index contributed by atoms with van der Waals surface area (Å²) in [6, 6.07) is 0.218. The number of aromatic nitrogens is 3. The predicted octanol–water partition coefficient (Wildman–Crippen LogP) is -0.774. The lowest BCUT2D eigenvalue weighted by atomic mass is 9.96. The third-order valence-electron chi connectivity index (χ3n) is 2.96. The smallest absolute Gasteiger partial charge is 0.138 e. The van der Waals surface area contributed by atoms with Crippen LogP contribution in [0.3, 0.4) is 0 Å². The van der Waals surface area contributed by atoms with Crippen LogP contribution in [-0.2, 0) is 18.2 Å². The lowest BCUT2D eigenvalue weighted by molar-refractivity contribution is 0.176. The van der Waals surface area contributed by atoms with E-state index in [0.717, 1.165) is 31.9 Å². The van der Waals surface area contributed by atoms with Crippen LogP contribution in [0.4, 0.5) is 0 Å². The molecule has 1 aromatic rings. The molecule has 2 atom stereocenters. The van der Waals surface area contributed by atoms with Crippen LogP contribution in [0, 0.1) is 5.92 Å². The molecule has 0 aliphatic carbocycles. The van der Waals surface area contributed by atoms with Crippen LogP contribution >= 0.6 is 0 Å². The molecule has 0 bridgehead atoms. The van der Waals surface area contributed by atoms with Gasteiger partial charge in [-0.3, -0.25) is 16.0 Å². The minimum absolute atomic E-state index is 0.218. The van der Waals surface area contributed by atoms with Crippen molar-refractivity contribution in [2.75, 3.05) is 13.2 Å². The lowest BCUT2D eigenvalue weighted by Gasteiger charge is -2.20. The topological polar surface area (TPSA) is 78.0 Å². The Bertz CT molecular complexity index is 307. The average Bonchev–Trinajstić information content (AvgIpc) is 2.86. The van der Waals surface area contributed by atoms with Crippen molar-refractivity contribution in [1.29, 1.82) is 0 Å². The molecule has 84 valence electrons. The fraction of sp³-hybridized carbons (Fsp3) is 0.778. The lowest BCUT2D eigenvalue weighted by Crippen LogP contribution is -2.43. The Morgan fingerprint density at radius 2 is 2.67 bits per heavy atom. The van der Waals surface area contributed by atoms with E-state index in [1.165, 1.54) is 0 Å². The van der Waals surface area contributed by atoms with Gasteiger partial charge in [-0.15, -0.1) is 0 Å². The van der Waals surface area contributed by atoms with Crippen molar-refractivity contribution in [3.63, 3.8) is 0 Å². The second kappa shape index (κ2) is 4.69. The Labute approximate surface area is 88.8 Å². The van der Waals surface area contributed by atoms with Gasteiger partial charge in [0.1, 0.15) is 12.2 Å². The third kappa shape index (κ3) is 2.34. The van der Waals surface area contributed by atoms with Crippen molar-refractivity contribution in [1.82, 2.24) is 20.2 Å². The van der Waals surface area contributed by atoms with Gasteiger partial charge in [0, 0.05) is 32.0 Å². The van der Waals surface area contributed by atoms with Crippen LogP contribution in [0.15, 0.2) is 6.33 Å². The van der Waals surface area contributed by atoms with Gasteiger partial charge in [-0.1, -0.05) is 0 Å².